The molecule has 2 rings (SSSR count). The number of ether oxygens (including phenoxy) is 1. The molecule has 0 amide bonds. The number of aliphatic hydroxyl groups is 1. The second kappa shape index (κ2) is 6.56. The molecule has 1 saturated heterocycles. The lowest BCUT2D eigenvalue weighted by molar-refractivity contribution is 0.00529. The van der Waals surface area contributed by atoms with Crippen molar-refractivity contribution in [2.45, 2.75) is 51.8 Å². The van der Waals surface area contributed by atoms with E-state index in [1.807, 2.05) is 18.5 Å². The second-order valence-corrected chi connectivity index (χ2v) is 6.56. The average Bonchev–Trinajstić information content (AvgIpc) is 2.66. The fourth-order valence-electron chi connectivity index (χ4n) is 2.75. The van der Waals surface area contributed by atoms with Crippen molar-refractivity contribution >= 4 is 15.9 Å². The number of aromatic nitrogens is 2. The van der Waals surface area contributed by atoms with Crippen LogP contribution in [0.3, 0.4) is 0 Å². The Bertz CT molecular complexity index is 454. The Hall–Kier alpha value is -0.430. The van der Waals surface area contributed by atoms with E-state index >= 15 is 0 Å². The zero-order valence-electron chi connectivity index (χ0n) is 12.4. The molecule has 20 heavy (non-hydrogen) atoms. The molecule has 0 aromatic carbocycles. The summed E-state index contributed by atoms with van der Waals surface area (Å²) in [7, 11) is 0. The van der Waals surface area contributed by atoms with Gasteiger partial charge in [0.05, 0.1) is 34.7 Å². The summed E-state index contributed by atoms with van der Waals surface area (Å²) >= 11 is 3.58. The van der Waals surface area contributed by atoms with E-state index in [2.05, 4.69) is 33.3 Å². The van der Waals surface area contributed by atoms with Gasteiger partial charge in [0, 0.05) is 25.6 Å². The van der Waals surface area contributed by atoms with Crippen LogP contribution in [0, 0.1) is 6.92 Å². The maximum Gasteiger partial charge on any atom is 0.0738 e. The van der Waals surface area contributed by atoms with Crippen molar-refractivity contribution in [2.75, 3.05) is 19.8 Å². The zero-order valence-corrected chi connectivity index (χ0v) is 14.0. The minimum atomic E-state index is -0.777. The molecular formula is C14H24BrN3O2. The number of hydrogen-bond acceptors (Lipinski definition) is 4. The van der Waals surface area contributed by atoms with Crippen LogP contribution in [0.15, 0.2) is 4.47 Å². The van der Waals surface area contributed by atoms with Crippen molar-refractivity contribution in [3.63, 3.8) is 0 Å². The summed E-state index contributed by atoms with van der Waals surface area (Å²) in [6.45, 7) is 9.02. The van der Waals surface area contributed by atoms with Crippen LogP contribution in [0.1, 0.15) is 31.7 Å². The number of rotatable bonds is 5. The van der Waals surface area contributed by atoms with Gasteiger partial charge >= 0.3 is 0 Å². The molecule has 6 heteroatoms. The summed E-state index contributed by atoms with van der Waals surface area (Å²) in [5.41, 5.74) is 1.25. The van der Waals surface area contributed by atoms with E-state index in [0.717, 1.165) is 35.6 Å². The molecule has 1 aliphatic rings. The topological polar surface area (TPSA) is 59.3 Å². The van der Waals surface area contributed by atoms with Gasteiger partial charge in [-0.3, -0.25) is 4.68 Å². The van der Waals surface area contributed by atoms with E-state index in [1.54, 1.807) is 0 Å². The highest BCUT2D eigenvalue weighted by atomic mass is 79.9. The van der Waals surface area contributed by atoms with Crippen LogP contribution in [-0.4, -0.2) is 46.3 Å². The monoisotopic (exact) mass is 345 g/mol. The van der Waals surface area contributed by atoms with Crippen molar-refractivity contribution in [3.05, 3.63) is 15.9 Å². The summed E-state index contributed by atoms with van der Waals surface area (Å²) in [6.07, 6.45) is 1.26. The first-order chi connectivity index (χ1) is 9.43. The molecule has 1 aromatic heterocycles. The van der Waals surface area contributed by atoms with Crippen molar-refractivity contribution in [1.29, 1.82) is 0 Å². The van der Waals surface area contributed by atoms with Gasteiger partial charge in [-0.05, 0) is 43.1 Å². The maximum absolute atomic E-state index is 10.7. The summed E-state index contributed by atoms with van der Waals surface area (Å²) < 4.78 is 8.41. The fraction of sp³-hybridized carbons (Fsp3) is 0.786. The molecule has 0 spiro atoms. The quantitative estimate of drug-likeness (QED) is 0.851. The van der Waals surface area contributed by atoms with Gasteiger partial charge in [0.25, 0.3) is 0 Å². The number of nitrogens with zero attached hydrogens (tertiary/aromatic N) is 2. The first-order valence-electron chi connectivity index (χ1n) is 7.18. The van der Waals surface area contributed by atoms with E-state index in [4.69, 9.17) is 4.74 Å². The van der Waals surface area contributed by atoms with Gasteiger partial charge in [-0.25, -0.2) is 0 Å². The third-order valence-electron chi connectivity index (χ3n) is 3.69. The third-order valence-corrected chi connectivity index (χ3v) is 4.72. The van der Waals surface area contributed by atoms with E-state index in [-0.39, 0.29) is 6.04 Å². The molecular weight excluding hydrogens is 322 g/mol. The van der Waals surface area contributed by atoms with Crippen LogP contribution in [-0.2, 0) is 17.7 Å². The molecule has 1 fully saturated rings. The van der Waals surface area contributed by atoms with Crippen LogP contribution < -0.4 is 5.32 Å². The molecule has 2 atom stereocenters. The Morgan fingerprint density at radius 2 is 2.35 bits per heavy atom. The summed E-state index contributed by atoms with van der Waals surface area (Å²) in [6, 6.07) is 0.219. The Kier molecular flexibility index (Phi) is 5.23. The summed E-state index contributed by atoms with van der Waals surface area (Å²) in [5, 5.41) is 18.6. The van der Waals surface area contributed by atoms with Gasteiger partial charge in [0.15, 0.2) is 0 Å². The van der Waals surface area contributed by atoms with Crippen LogP contribution in [0.4, 0.5) is 0 Å². The van der Waals surface area contributed by atoms with Gasteiger partial charge in [-0.15, -0.1) is 0 Å². The van der Waals surface area contributed by atoms with Gasteiger partial charge in [-0.1, -0.05) is 0 Å². The standard InChI is InChI=1S/C14H24BrN3O2/c1-4-18-12(13(15)10(2)17-18)8-14(3,19)7-11-9-20-6-5-16-11/h11,16,19H,4-9H2,1-3H3. The number of halogens is 1. The largest absolute Gasteiger partial charge is 0.390 e. The molecule has 1 aromatic rings. The van der Waals surface area contributed by atoms with E-state index in [1.165, 1.54) is 0 Å². The first-order valence-corrected chi connectivity index (χ1v) is 7.97. The van der Waals surface area contributed by atoms with E-state index < -0.39 is 5.60 Å². The molecule has 2 unspecified atom stereocenters. The number of nitrogens with one attached hydrogen (secondary N) is 1. The van der Waals surface area contributed by atoms with Crippen molar-refractivity contribution in [3.8, 4) is 0 Å². The molecule has 0 bridgehead atoms. The van der Waals surface area contributed by atoms with E-state index in [9.17, 15) is 5.11 Å². The highest BCUT2D eigenvalue weighted by Gasteiger charge is 2.29. The smallest absolute Gasteiger partial charge is 0.0738 e. The Labute approximate surface area is 128 Å². The number of morpholine rings is 1. The van der Waals surface area contributed by atoms with Crippen LogP contribution in [0.2, 0.25) is 0 Å². The average molecular weight is 346 g/mol. The Morgan fingerprint density at radius 1 is 1.60 bits per heavy atom. The van der Waals surface area contributed by atoms with Crippen molar-refractivity contribution in [1.82, 2.24) is 15.1 Å². The lowest BCUT2D eigenvalue weighted by Gasteiger charge is -2.31. The SMILES string of the molecule is CCn1nc(C)c(Br)c1CC(C)(O)CC1COCCN1. The predicted molar refractivity (Wildman–Crippen MR) is 81.9 cm³/mol. The van der Waals surface area contributed by atoms with Gasteiger partial charge in [-0.2, -0.15) is 5.10 Å². The lowest BCUT2D eigenvalue weighted by Crippen LogP contribution is -2.46. The van der Waals surface area contributed by atoms with E-state index in [0.29, 0.717) is 19.4 Å². The Balaban J connectivity index is 2.07. The van der Waals surface area contributed by atoms with Crippen molar-refractivity contribution in [2.24, 2.45) is 0 Å². The van der Waals surface area contributed by atoms with Crippen molar-refractivity contribution < 1.29 is 9.84 Å². The van der Waals surface area contributed by atoms with Gasteiger partial charge in [0.1, 0.15) is 0 Å². The summed E-state index contributed by atoms with van der Waals surface area (Å²) in [4.78, 5) is 0. The minimum absolute atomic E-state index is 0.219. The normalized spacial score (nSPS) is 22.8. The second-order valence-electron chi connectivity index (χ2n) is 5.77. The minimum Gasteiger partial charge on any atom is -0.390 e. The van der Waals surface area contributed by atoms with Gasteiger partial charge in [0.2, 0.25) is 0 Å². The lowest BCUT2D eigenvalue weighted by atomic mass is 9.91. The predicted octanol–water partition coefficient (Wildman–Crippen LogP) is 1.65. The molecule has 0 saturated carbocycles. The molecule has 114 valence electrons. The van der Waals surface area contributed by atoms with Crippen LogP contribution in [0.5, 0.6) is 0 Å². The third kappa shape index (κ3) is 3.81. The molecule has 0 aliphatic carbocycles. The molecule has 2 N–H and O–H groups in total. The number of aryl methyl sites for hydroxylation is 2. The molecule has 2 heterocycles. The summed E-state index contributed by atoms with van der Waals surface area (Å²) in [5.74, 6) is 0. The number of hydrogen-bond donors (Lipinski definition) is 2. The molecule has 0 radical (unpaired) electrons. The Morgan fingerprint density at radius 3 is 2.95 bits per heavy atom. The highest BCUT2D eigenvalue weighted by molar-refractivity contribution is 9.10. The fourth-order valence-corrected chi connectivity index (χ4v) is 3.18. The highest BCUT2D eigenvalue weighted by Crippen LogP contribution is 2.27. The van der Waals surface area contributed by atoms with Gasteiger partial charge < -0.3 is 15.2 Å². The first kappa shape index (κ1) is 15.9. The zero-order chi connectivity index (χ0) is 14.8. The van der Waals surface area contributed by atoms with Crippen LogP contribution >= 0.6 is 15.9 Å². The maximum atomic E-state index is 10.7. The molecule has 5 nitrogen and oxygen atoms in total. The van der Waals surface area contributed by atoms with Crippen LogP contribution in [0.25, 0.3) is 0 Å². The molecule has 1 aliphatic heterocycles.